The van der Waals surface area contributed by atoms with Crippen molar-refractivity contribution in [1.29, 1.82) is 0 Å². The van der Waals surface area contributed by atoms with Gasteiger partial charge in [0.15, 0.2) is 11.9 Å². The summed E-state index contributed by atoms with van der Waals surface area (Å²) in [6.45, 7) is 0.523. The number of carbonyl (C=O) groups is 2. The van der Waals surface area contributed by atoms with E-state index in [1.807, 2.05) is 0 Å². The van der Waals surface area contributed by atoms with Crippen LogP contribution >= 0.6 is 11.7 Å². The highest BCUT2D eigenvalue weighted by Gasteiger charge is 2.33. The topological polar surface area (TPSA) is 128 Å². The predicted octanol–water partition coefficient (Wildman–Crippen LogP) is 1.08. The van der Waals surface area contributed by atoms with Crippen LogP contribution in [0, 0.1) is 5.82 Å². The summed E-state index contributed by atoms with van der Waals surface area (Å²) in [5, 5.41) is 21.4. The second kappa shape index (κ2) is 9.59. The first kappa shape index (κ1) is 22.1. The van der Waals surface area contributed by atoms with Crippen molar-refractivity contribution in [1.82, 2.24) is 13.6 Å². The number of ether oxygens (including phenoxy) is 1. The zero-order valence-electron chi connectivity index (χ0n) is 17.0. The van der Waals surface area contributed by atoms with Crippen molar-refractivity contribution in [3.63, 3.8) is 0 Å². The summed E-state index contributed by atoms with van der Waals surface area (Å²) in [5.74, 6) is -0.431. The Labute approximate surface area is 187 Å². The summed E-state index contributed by atoms with van der Waals surface area (Å²) in [7, 11) is 0. The molecule has 2 amide bonds. The highest BCUT2D eigenvalue weighted by molar-refractivity contribution is 6.99. The molecular weight excluding hydrogens is 441 g/mol. The molecule has 3 N–H and O–H groups in total. The number of benzene rings is 1. The van der Waals surface area contributed by atoms with Gasteiger partial charge in [0, 0.05) is 18.7 Å². The van der Waals surface area contributed by atoms with E-state index in [9.17, 15) is 19.1 Å². The maximum atomic E-state index is 14.9. The molecule has 170 valence electrons. The molecule has 0 radical (unpaired) electrons. The first-order valence-corrected chi connectivity index (χ1v) is 10.8. The average molecular weight is 463 g/mol. The fourth-order valence-corrected chi connectivity index (χ4v) is 4.03. The summed E-state index contributed by atoms with van der Waals surface area (Å²) < 4.78 is 28.2. The molecule has 0 aliphatic carbocycles. The molecule has 1 aromatic carbocycles. The van der Waals surface area contributed by atoms with Gasteiger partial charge in [0.2, 0.25) is 0 Å². The largest absolute Gasteiger partial charge is 0.442 e. The zero-order valence-corrected chi connectivity index (χ0v) is 17.8. The minimum Gasteiger partial charge on any atom is -0.442 e. The van der Waals surface area contributed by atoms with Crippen LogP contribution in [0.25, 0.3) is 5.57 Å². The number of rotatable bonds is 7. The highest BCUT2D eigenvalue weighted by atomic mass is 32.1. The molecule has 4 rings (SSSR count). The average Bonchev–Trinajstić information content (AvgIpc) is 3.46. The van der Waals surface area contributed by atoms with Gasteiger partial charge in [-0.25, -0.2) is 9.18 Å². The molecule has 0 saturated carbocycles. The number of nitrogens with zero attached hydrogens (tertiary/aromatic N) is 4. The molecule has 2 atom stereocenters. The van der Waals surface area contributed by atoms with Crippen molar-refractivity contribution in [3.05, 3.63) is 41.9 Å². The Kier molecular flexibility index (Phi) is 6.63. The zero-order chi connectivity index (χ0) is 22.7. The Morgan fingerprint density at radius 1 is 1.44 bits per heavy atom. The summed E-state index contributed by atoms with van der Waals surface area (Å²) >= 11 is 1.07. The molecule has 1 saturated heterocycles. The molecule has 0 spiro atoms. The second-order valence-corrected chi connectivity index (χ2v) is 7.97. The van der Waals surface area contributed by atoms with Crippen molar-refractivity contribution in [2.24, 2.45) is 0 Å². The number of anilines is 2. The third-order valence-corrected chi connectivity index (χ3v) is 5.81. The van der Waals surface area contributed by atoms with Gasteiger partial charge in [0.05, 0.1) is 43.3 Å². The standard InChI is InChI=1S/C20H22FN5O5S/c21-16-7-13(26-10-14(31-20(26)30)8-22-18-9-23-32-24-18)1-2-15(16)12-3-5-25(6-4-12)19(29)17(28)11-27/h1-3,7,9,14,17,27-28H,4-6,8,10-11H2,(H,22,24)/t14-,17-/m0/s1. The van der Waals surface area contributed by atoms with E-state index in [4.69, 9.17) is 9.84 Å². The van der Waals surface area contributed by atoms with Crippen LogP contribution in [0.15, 0.2) is 30.5 Å². The van der Waals surface area contributed by atoms with E-state index in [1.54, 1.807) is 24.4 Å². The van der Waals surface area contributed by atoms with E-state index in [0.717, 1.165) is 17.3 Å². The maximum Gasteiger partial charge on any atom is 0.414 e. The number of halogens is 1. The van der Waals surface area contributed by atoms with E-state index in [0.29, 0.717) is 36.6 Å². The Morgan fingerprint density at radius 3 is 2.94 bits per heavy atom. The highest BCUT2D eigenvalue weighted by Crippen LogP contribution is 2.30. The van der Waals surface area contributed by atoms with E-state index in [1.165, 1.54) is 15.9 Å². The Morgan fingerprint density at radius 2 is 2.28 bits per heavy atom. The minimum absolute atomic E-state index is 0.216. The lowest BCUT2D eigenvalue weighted by Crippen LogP contribution is -2.42. The number of hydrogen-bond acceptors (Lipinski definition) is 9. The maximum absolute atomic E-state index is 14.9. The molecule has 2 aromatic rings. The van der Waals surface area contributed by atoms with Crippen LogP contribution in [0.2, 0.25) is 0 Å². The van der Waals surface area contributed by atoms with Gasteiger partial charge in [-0.15, -0.1) is 0 Å². The lowest BCUT2D eigenvalue weighted by Gasteiger charge is -2.28. The van der Waals surface area contributed by atoms with Gasteiger partial charge in [-0.05, 0) is 30.2 Å². The molecule has 0 unspecified atom stereocenters. The van der Waals surface area contributed by atoms with Crippen LogP contribution in [-0.2, 0) is 9.53 Å². The van der Waals surface area contributed by atoms with E-state index >= 15 is 0 Å². The number of carbonyl (C=O) groups excluding carboxylic acids is 2. The van der Waals surface area contributed by atoms with Crippen LogP contribution in [0.5, 0.6) is 0 Å². The third kappa shape index (κ3) is 4.71. The van der Waals surface area contributed by atoms with Crippen LogP contribution < -0.4 is 10.2 Å². The summed E-state index contributed by atoms with van der Waals surface area (Å²) in [4.78, 5) is 27.0. The third-order valence-electron chi connectivity index (χ3n) is 5.34. The first-order valence-electron chi connectivity index (χ1n) is 10.0. The SMILES string of the molecule is O=C([C@@H](O)CO)N1CC=C(c2ccc(N3C[C@H](CNc4cnsn4)OC3=O)cc2F)CC1. The summed E-state index contributed by atoms with van der Waals surface area (Å²) in [6, 6.07) is 4.56. The van der Waals surface area contributed by atoms with Crippen LogP contribution in [0.4, 0.5) is 20.7 Å². The second-order valence-electron chi connectivity index (χ2n) is 7.42. The smallest absolute Gasteiger partial charge is 0.414 e. The lowest BCUT2D eigenvalue weighted by atomic mass is 9.98. The molecule has 10 nitrogen and oxygen atoms in total. The molecule has 12 heteroatoms. The van der Waals surface area contributed by atoms with Gasteiger partial charge in [-0.2, -0.15) is 8.75 Å². The molecular formula is C20H22FN5O5S. The van der Waals surface area contributed by atoms with Gasteiger partial charge in [0.1, 0.15) is 11.9 Å². The molecule has 2 aliphatic rings. The molecule has 3 heterocycles. The molecule has 1 fully saturated rings. The van der Waals surface area contributed by atoms with E-state index in [-0.39, 0.29) is 13.1 Å². The van der Waals surface area contributed by atoms with Crippen LogP contribution in [-0.4, -0.2) is 80.9 Å². The Hall–Kier alpha value is -3.09. The number of cyclic esters (lactones) is 1. The van der Waals surface area contributed by atoms with Gasteiger partial charge in [-0.1, -0.05) is 6.08 Å². The lowest BCUT2D eigenvalue weighted by molar-refractivity contribution is -0.141. The number of aromatic nitrogens is 2. The fourth-order valence-electron chi connectivity index (χ4n) is 3.63. The molecule has 2 aliphatic heterocycles. The summed E-state index contributed by atoms with van der Waals surface area (Å²) in [6.07, 6.45) is 1.31. The van der Waals surface area contributed by atoms with E-state index in [2.05, 4.69) is 14.1 Å². The Bertz CT molecular complexity index is 1020. The number of aliphatic hydroxyl groups excluding tert-OH is 2. The first-order chi connectivity index (χ1) is 15.5. The summed E-state index contributed by atoms with van der Waals surface area (Å²) in [5.41, 5.74) is 1.53. The van der Waals surface area contributed by atoms with Crippen molar-refractivity contribution >= 4 is 40.8 Å². The van der Waals surface area contributed by atoms with Gasteiger partial charge in [-0.3, -0.25) is 9.69 Å². The molecule has 1 aromatic heterocycles. The van der Waals surface area contributed by atoms with Gasteiger partial charge < -0.3 is 25.2 Å². The molecule has 32 heavy (non-hydrogen) atoms. The van der Waals surface area contributed by atoms with Crippen molar-refractivity contribution < 1.29 is 28.9 Å². The quantitative estimate of drug-likeness (QED) is 0.557. The van der Waals surface area contributed by atoms with Gasteiger partial charge >= 0.3 is 6.09 Å². The normalized spacial score (nSPS) is 19.5. The number of aliphatic hydroxyl groups is 2. The van der Waals surface area contributed by atoms with Crippen LogP contribution in [0.1, 0.15) is 12.0 Å². The number of hydrogen-bond donors (Lipinski definition) is 3. The van der Waals surface area contributed by atoms with Crippen molar-refractivity contribution in [3.8, 4) is 0 Å². The number of amides is 2. The van der Waals surface area contributed by atoms with Crippen LogP contribution in [0.3, 0.4) is 0 Å². The van der Waals surface area contributed by atoms with Gasteiger partial charge in [0.25, 0.3) is 5.91 Å². The van der Waals surface area contributed by atoms with Crippen molar-refractivity contribution in [2.75, 3.05) is 43.0 Å². The Balaban J connectivity index is 1.39. The van der Waals surface area contributed by atoms with E-state index < -0.39 is 36.6 Å². The van der Waals surface area contributed by atoms with Crippen molar-refractivity contribution in [2.45, 2.75) is 18.6 Å². The number of nitrogens with one attached hydrogen (secondary N) is 1. The monoisotopic (exact) mass is 463 g/mol. The fraction of sp³-hybridized carbons (Fsp3) is 0.400. The minimum atomic E-state index is -1.45. The predicted molar refractivity (Wildman–Crippen MR) is 115 cm³/mol. The molecule has 0 bridgehead atoms.